The highest BCUT2D eigenvalue weighted by molar-refractivity contribution is 6.28. The number of aromatic nitrogens is 2. The fourth-order valence-electron chi connectivity index (χ4n) is 2.72. The summed E-state index contributed by atoms with van der Waals surface area (Å²) >= 11 is 5.84. The molecule has 1 aliphatic rings. The number of halogens is 1. The molecular weight excluding hydrogens is 282 g/mol. The third kappa shape index (κ3) is 2.45. The third-order valence-electron chi connectivity index (χ3n) is 3.86. The molecule has 0 aliphatic heterocycles. The molecule has 0 unspecified atom stereocenters. The van der Waals surface area contributed by atoms with Crippen molar-refractivity contribution in [2.24, 2.45) is 0 Å². The van der Waals surface area contributed by atoms with Gasteiger partial charge in [0.15, 0.2) is 0 Å². The van der Waals surface area contributed by atoms with Gasteiger partial charge < -0.3 is 5.32 Å². The Morgan fingerprint density at radius 1 is 1.00 bits per heavy atom. The van der Waals surface area contributed by atoms with Crippen molar-refractivity contribution >= 4 is 33.9 Å². The number of anilines is 2. The molecular formula is C17H14ClN3. The van der Waals surface area contributed by atoms with Gasteiger partial charge in [0, 0.05) is 17.3 Å². The molecule has 4 heteroatoms. The fourth-order valence-corrected chi connectivity index (χ4v) is 2.87. The highest BCUT2D eigenvalue weighted by atomic mass is 35.5. The van der Waals surface area contributed by atoms with E-state index in [1.165, 1.54) is 29.2 Å². The van der Waals surface area contributed by atoms with E-state index >= 15 is 0 Å². The minimum atomic E-state index is 0.249. The van der Waals surface area contributed by atoms with Gasteiger partial charge in [-0.25, -0.2) is 9.97 Å². The van der Waals surface area contributed by atoms with Gasteiger partial charge >= 0.3 is 0 Å². The minimum absolute atomic E-state index is 0.249. The van der Waals surface area contributed by atoms with Gasteiger partial charge in [0.05, 0.1) is 0 Å². The first-order valence-electron chi connectivity index (χ1n) is 7.08. The molecule has 0 atom stereocenters. The van der Waals surface area contributed by atoms with E-state index in [1.54, 1.807) is 6.20 Å². The standard InChI is InChI=1S/C17H14ClN3/c18-17-19-10-9-16(21-17)20-15-8-7-12(11-5-6-11)13-3-1-2-4-14(13)15/h1-4,7-11H,5-6H2,(H,19,20,21). The Morgan fingerprint density at radius 3 is 2.57 bits per heavy atom. The summed E-state index contributed by atoms with van der Waals surface area (Å²) in [7, 11) is 0. The molecule has 0 bridgehead atoms. The van der Waals surface area contributed by atoms with Crippen molar-refractivity contribution in [2.75, 3.05) is 5.32 Å². The van der Waals surface area contributed by atoms with E-state index in [4.69, 9.17) is 11.6 Å². The van der Waals surface area contributed by atoms with Gasteiger partial charge in [0.1, 0.15) is 5.82 Å². The highest BCUT2D eigenvalue weighted by Gasteiger charge is 2.25. The van der Waals surface area contributed by atoms with Crippen LogP contribution in [0.4, 0.5) is 11.5 Å². The van der Waals surface area contributed by atoms with Crippen LogP contribution in [0.5, 0.6) is 0 Å². The molecule has 0 radical (unpaired) electrons. The van der Waals surface area contributed by atoms with E-state index in [-0.39, 0.29) is 5.28 Å². The quantitative estimate of drug-likeness (QED) is 0.698. The molecule has 104 valence electrons. The second kappa shape index (κ2) is 5.01. The van der Waals surface area contributed by atoms with Crippen LogP contribution in [-0.4, -0.2) is 9.97 Å². The number of fused-ring (bicyclic) bond motifs is 1. The third-order valence-corrected chi connectivity index (χ3v) is 4.05. The maximum absolute atomic E-state index is 5.84. The second-order valence-electron chi connectivity index (χ2n) is 5.36. The van der Waals surface area contributed by atoms with E-state index in [0.717, 1.165) is 11.6 Å². The molecule has 1 fully saturated rings. The second-order valence-corrected chi connectivity index (χ2v) is 5.70. The zero-order valence-corrected chi connectivity index (χ0v) is 12.1. The molecule has 1 N–H and O–H groups in total. The Bertz CT molecular complexity index is 812. The van der Waals surface area contributed by atoms with E-state index in [9.17, 15) is 0 Å². The lowest BCUT2D eigenvalue weighted by Crippen LogP contribution is -1.96. The van der Waals surface area contributed by atoms with Crippen LogP contribution in [0, 0.1) is 0 Å². The van der Waals surface area contributed by atoms with Crippen molar-refractivity contribution < 1.29 is 0 Å². The minimum Gasteiger partial charge on any atom is -0.340 e. The average molecular weight is 296 g/mol. The molecule has 3 nitrogen and oxygen atoms in total. The molecule has 1 heterocycles. The Hall–Kier alpha value is -2.13. The molecule has 1 aromatic heterocycles. The number of hydrogen-bond acceptors (Lipinski definition) is 3. The van der Waals surface area contributed by atoms with Crippen molar-refractivity contribution in [3.8, 4) is 0 Å². The number of benzene rings is 2. The lowest BCUT2D eigenvalue weighted by Gasteiger charge is -2.12. The predicted molar refractivity (Wildman–Crippen MR) is 86.2 cm³/mol. The van der Waals surface area contributed by atoms with Crippen LogP contribution in [0.1, 0.15) is 24.3 Å². The van der Waals surface area contributed by atoms with E-state index in [2.05, 4.69) is 51.7 Å². The Kier molecular flexibility index (Phi) is 3.00. The van der Waals surface area contributed by atoms with E-state index in [1.807, 2.05) is 6.07 Å². The molecule has 4 rings (SSSR count). The van der Waals surface area contributed by atoms with Crippen molar-refractivity contribution in [1.29, 1.82) is 0 Å². The van der Waals surface area contributed by atoms with Crippen LogP contribution in [0.2, 0.25) is 5.28 Å². The Labute approximate surface area is 128 Å². The molecule has 0 spiro atoms. The number of nitrogens with one attached hydrogen (secondary N) is 1. The Balaban J connectivity index is 1.80. The highest BCUT2D eigenvalue weighted by Crippen LogP contribution is 2.44. The summed E-state index contributed by atoms with van der Waals surface area (Å²) in [4.78, 5) is 8.09. The summed E-state index contributed by atoms with van der Waals surface area (Å²) in [5.74, 6) is 1.44. The SMILES string of the molecule is Clc1nccc(Nc2ccc(C3CC3)c3ccccc23)n1. The summed E-state index contributed by atoms with van der Waals surface area (Å²) in [6.45, 7) is 0. The molecule has 1 saturated carbocycles. The summed E-state index contributed by atoms with van der Waals surface area (Å²) in [6.07, 6.45) is 4.26. The van der Waals surface area contributed by atoms with Crippen LogP contribution >= 0.6 is 11.6 Å². The number of rotatable bonds is 3. The van der Waals surface area contributed by atoms with Crippen molar-refractivity contribution in [1.82, 2.24) is 9.97 Å². The average Bonchev–Trinajstić information content (AvgIpc) is 3.32. The summed E-state index contributed by atoms with van der Waals surface area (Å²) in [6, 6.07) is 14.7. The van der Waals surface area contributed by atoms with Gasteiger partial charge in [0.25, 0.3) is 0 Å². The first-order chi connectivity index (χ1) is 10.3. The lowest BCUT2D eigenvalue weighted by molar-refractivity contribution is 1.15. The first kappa shape index (κ1) is 12.6. The molecule has 2 aromatic carbocycles. The zero-order valence-electron chi connectivity index (χ0n) is 11.4. The topological polar surface area (TPSA) is 37.8 Å². The maximum atomic E-state index is 5.84. The summed E-state index contributed by atoms with van der Waals surface area (Å²) < 4.78 is 0. The molecule has 1 aliphatic carbocycles. The van der Waals surface area contributed by atoms with Gasteiger partial charge in [-0.05, 0) is 53.4 Å². The lowest BCUT2D eigenvalue weighted by atomic mass is 9.99. The van der Waals surface area contributed by atoms with Crippen molar-refractivity contribution in [2.45, 2.75) is 18.8 Å². The van der Waals surface area contributed by atoms with Crippen molar-refractivity contribution in [3.05, 3.63) is 59.5 Å². The molecule has 0 saturated heterocycles. The summed E-state index contributed by atoms with van der Waals surface area (Å²) in [5.41, 5.74) is 2.50. The Morgan fingerprint density at radius 2 is 1.81 bits per heavy atom. The fraction of sp³-hybridized carbons (Fsp3) is 0.176. The van der Waals surface area contributed by atoms with Crippen molar-refractivity contribution in [3.63, 3.8) is 0 Å². The van der Waals surface area contributed by atoms with Gasteiger partial charge in [-0.15, -0.1) is 0 Å². The molecule has 3 aromatic rings. The van der Waals surface area contributed by atoms with Crippen LogP contribution < -0.4 is 5.32 Å². The number of nitrogens with zero attached hydrogens (tertiary/aromatic N) is 2. The van der Waals surface area contributed by atoms with Crippen LogP contribution in [0.25, 0.3) is 10.8 Å². The zero-order chi connectivity index (χ0) is 14.2. The maximum Gasteiger partial charge on any atom is 0.224 e. The van der Waals surface area contributed by atoms with Gasteiger partial charge in [-0.2, -0.15) is 0 Å². The van der Waals surface area contributed by atoms with Crippen LogP contribution in [0.3, 0.4) is 0 Å². The monoisotopic (exact) mass is 295 g/mol. The van der Waals surface area contributed by atoms with Crippen LogP contribution in [-0.2, 0) is 0 Å². The first-order valence-corrected chi connectivity index (χ1v) is 7.46. The molecule has 21 heavy (non-hydrogen) atoms. The smallest absolute Gasteiger partial charge is 0.224 e. The predicted octanol–water partition coefficient (Wildman–Crippen LogP) is 4.90. The van der Waals surface area contributed by atoms with E-state index < -0.39 is 0 Å². The van der Waals surface area contributed by atoms with Crippen LogP contribution in [0.15, 0.2) is 48.7 Å². The molecule has 0 amide bonds. The van der Waals surface area contributed by atoms with E-state index in [0.29, 0.717) is 5.82 Å². The number of hydrogen-bond donors (Lipinski definition) is 1. The van der Waals surface area contributed by atoms with Gasteiger partial charge in [-0.3, -0.25) is 0 Å². The normalized spacial score (nSPS) is 14.3. The van der Waals surface area contributed by atoms with Gasteiger partial charge in [0.2, 0.25) is 5.28 Å². The largest absolute Gasteiger partial charge is 0.340 e. The summed E-state index contributed by atoms with van der Waals surface area (Å²) in [5, 5.41) is 6.13. The van der Waals surface area contributed by atoms with Gasteiger partial charge in [-0.1, -0.05) is 30.3 Å².